The van der Waals surface area contributed by atoms with Crippen molar-refractivity contribution in [3.05, 3.63) is 23.8 Å². The summed E-state index contributed by atoms with van der Waals surface area (Å²) in [6.07, 6.45) is 0.210. The molecule has 6 nitrogen and oxygen atoms in total. The molecule has 0 bridgehead atoms. The Kier molecular flexibility index (Phi) is 4.52. The number of methoxy groups -OCH3 is 1. The van der Waals surface area contributed by atoms with Crippen molar-refractivity contribution in [2.24, 2.45) is 0 Å². The van der Waals surface area contributed by atoms with Crippen LogP contribution in [-0.4, -0.2) is 41.0 Å². The minimum Gasteiger partial charge on any atom is -0.495 e. The van der Waals surface area contributed by atoms with Gasteiger partial charge in [-0.3, -0.25) is 9.59 Å². The van der Waals surface area contributed by atoms with Gasteiger partial charge in [0.1, 0.15) is 11.4 Å². The van der Waals surface area contributed by atoms with E-state index in [0.717, 1.165) is 11.8 Å². The highest BCUT2D eigenvalue weighted by Gasteiger charge is 2.35. The Labute approximate surface area is 126 Å². The molecule has 1 aromatic carbocycles. The van der Waals surface area contributed by atoms with Gasteiger partial charge in [0, 0.05) is 25.1 Å². The maximum atomic E-state index is 12.2. The van der Waals surface area contributed by atoms with Gasteiger partial charge in [-0.1, -0.05) is 17.8 Å². The number of para-hydroxylation sites is 1. The van der Waals surface area contributed by atoms with Gasteiger partial charge in [0.25, 0.3) is 0 Å². The molecule has 1 aromatic rings. The van der Waals surface area contributed by atoms with E-state index in [0.29, 0.717) is 12.3 Å². The van der Waals surface area contributed by atoms with Gasteiger partial charge < -0.3 is 14.7 Å². The SMILES string of the molecule is COc1cccc(C(=O)O)c1N1CC(SC(C)=O)CC1=O. The first-order valence-corrected chi connectivity index (χ1v) is 7.20. The molecule has 0 saturated carbocycles. The molecule has 1 unspecified atom stereocenters. The number of carboxylic acids is 1. The largest absolute Gasteiger partial charge is 0.495 e. The zero-order chi connectivity index (χ0) is 15.6. The highest BCUT2D eigenvalue weighted by molar-refractivity contribution is 8.14. The Balaban J connectivity index is 2.39. The summed E-state index contributed by atoms with van der Waals surface area (Å²) in [6, 6.07) is 4.60. The van der Waals surface area contributed by atoms with Gasteiger partial charge in [0.2, 0.25) is 5.91 Å². The lowest BCUT2D eigenvalue weighted by molar-refractivity contribution is -0.117. The van der Waals surface area contributed by atoms with Crippen LogP contribution in [-0.2, 0) is 9.59 Å². The Morgan fingerprint density at radius 1 is 1.43 bits per heavy atom. The lowest BCUT2D eigenvalue weighted by atomic mass is 10.1. The second kappa shape index (κ2) is 6.17. The van der Waals surface area contributed by atoms with Gasteiger partial charge in [0.05, 0.1) is 12.7 Å². The molecule has 1 heterocycles. The number of rotatable bonds is 4. The number of ether oxygens (including phenoxy) is 1. The third-order valence-electron chi connectivity index (χ3n) is 3.14. The lowest BCUT2D eigenvalue weighted by Gasteiger charge is -2.21. The summed E-state index contributed by atoms with van der Waals surface area (Å²) < 4.78 is 5.18. The zero-order valence-corrected chi connectivity index (χ0v) is 12.5. The molecule has 2 rings (SSSR count). The van der Waals surface area contributed by atoms with Crippen molar-refractivity contribution in [2.75, 3.05) is 18.6 Å². The van der Waals surface area contributed by atoms with E-state index in [9.17, 15) is 19.5 Å². The molecule has 0 radical (unpaired) electrons. The van der Waals surface area contributed by atoms with Gasteiger partial charge in [-0.25, -0.2) is 4.79 Å². The van der Waals surface area contributed by atoms with E-state index in [-0.39, 0.29) is 33.9 Å². The van der Waals surface area contributed by atoms with E-state index in [1.54, 1.807) is 12.1 Å². The Morgan fingerprint density at radius 3 is 2.71 bits per heavy atom. The summed E-state index contributed by atoms with van der Waals surface area (Å²) >= 11 is 1.10. The molecule has 1 fully saturated rings. The molecule has 0 aromatic heterocycles. The quantitative estimate of drug-likeness (QED) is 0.912. The average Bonchev–Trinajstić information content (AvgIpc) is 2.77. The van der Waals surface area contributed by atoms with Crippen molar-refractivity contribution in [1.82, 2.24) is 0 Å². The number of aromatic carboxylic acids is 1. The second-order valence-electron chi connectivity index (χ2n) is 4.60. The molecule has 1 aliphatic heterocycles. The molecule has 1 N–H and O–H groups in total. The number of carbonyl (C=O) groups is 3. The molecule has 1 saturated heterocycles. The summed E-state index contributed by atoms with van der Waals surface area (Å²) in [5.74, 6) is -1.00. The van der Waals surface area contributed by atoms with Crippen LogP contribution in [0.15, 0.2) is 18.2 Å². The van der Waals surface area contributed by atoms with E-state index in [2.05, 4.69) is 0 Å². The fraction of sp³-hybridized carbons (Fsp3) is 0.357. The van der Waals surface area contributed by atoms with Gasteiger partial charge >= 0.3 is 5.97 Å². The van der Waals surface area contributed by atoms with Crippen LogP contribution in [0.25, 0.3) is 0 Å². The number of anilines is 1. The summed E-state index contributed by atoms with van der Waals surface area (Å²) in [5.41, 5.74) is 0.264. The van der Waals surface area contributed by atoms with Crippen LogP contribution >= 0.6 is 11.8 Å². The fourth-order valence-corrected chi connectivity index (χ4v) is 3.26. The number of nitrogens with zero attached hydrogens (tertiary/aromatic N) is 1. The molecule has 1 atom stereocenters. The molecule has 7 heteroatoms. The number of thioether (sulfide) groups is 1. The number of carbonyl (C=O) groups excluding carboxylic acids is 2. The van der Waals surface area contributed by atoms with Crippen LogP contribution in [0, 0.1) is 0 Å². The fourth-order valence-electron chi connectivity index (χ4n) is 2.34. The second-order valence-corrected chi connectivity index (χ2v) is 6.08. The number of amides is 1. The maximum Gasteiger partial charge on any atom is 0.337 e. The molecule has 1 aliphatic rings. The lowest BCUT2D eigenvalue weighted by Crippen LogP contribution is -2.27. The van der Waals surface area contributed by atoms with Crippen molar-refractivity contribution in [3.8, 4) is 5.75 Å². The first kappa shape index (κ1) is 15.4. The molecule has 0 spiro atoms. The first-order valence-electron chi connectivity index (χ1n) is 6.32. The molecule has 0 aliphatic carbocycles. The molecule has 1 amide bonds. The van der Waals surface area contributed by atoms with Gasteiger partial charge in [0.15, 0.2) is 5.12 Å². The molecular weight excluding hydrogens is 294 g/mol. The minimum atomic E-state index is -1.13. The number of hydrogen-bond donors (Lipinski definition) is 1. The van der Waals surface area contributed by atoms with E-state index < -0.39 is 5.97 Å². The van der Waals surface area contributed by atoms with E-state index >= 15 is 0 Å². The Hall–Kier alpha value is -2.02. The summed E-state index contributed by atoms with van der Waals surface area (Å²) in [7, 11) is 1.42. The predicted molar refractivity (Wildman–Crippen MR) is 79.0 cm³/mol. The number of benzene rings is 1. The summed E-state index contributed by atoms with van der Waals surface area (Å²) in [5, 5.41) is 9.06. The normalized spacial score (nSPS) is 17.9. The van der Waals surface area contributed by atoms with Crippen LogP contribution < -0.4 is 9.64 Å². The van der Waals surface area contributed by atoms with Crippen molar-refractivity contribution in [2.45, 2.75) is 18.6 Å². The van der Waals surface area contributed by atoms with Crippen LogP contribution in [0.4, 0.5) is 5.69 Å². The minimum absolute atomic E-state index is 0.0103. The van der Waals surface area contributed by atoms with Crippen molar-refractivity contribution in [1.29, 1.82) is 0 Å². The average molecular weight is 309 g/mol. The third kappa shape index (κ3) is 3.18. The van der Waals surface area contributed by atoms with E-state index in [1.165, 1.54) is 25.0 Å². The predicted octanol–water partition coefficient (Wildman–Crippen LogP) is 1.78. The summed E-state index contributed by atoms with van der Waals surface area (Å²) in [6.45, 7) is 1.74. The van der Waals surface area contributed by atoms with E-state index in [1.807, 2.05) is 0 Å². The monoisotopic (exact) mass is 309 g/mol. The third-order valence-corrected chi connectivity index (χ3v) is 4.12. The van der Waals surface area contributed by atoms with Crippen LogP contribution in [0.2, 0.25) is 0 Å². The zero-order valence-electron chi connectivity index (χ0n) is 11.7. The Bertz CT molecular complexity index is 601. The molecular formula is C14H15NO5S. The van der Waals surface area contributed by atoms with Crippen LogP contribution in [0.3, 0.4) is 0 Å². The highest BCUT2D eigenvalue weighted by atomic mass is 32.2. The van der Waals surface area contributed by atoms with Crippen LogP contribution in [0.1, 0.15) is 23.7 Å². The van der Waals surface area contributed by atoms with Crippen LogP contribution in [0.5, 0.6) is 5.75 Å². The Morgan fingerprint density at radius 2 is 2.14 bits per heavy atom. The molecule has 21 heavy (non-hydrogen) atoms. The van der Waals surface area contributed by atoms with Crippen molar-refractivity contribution >= 4 is 34.4 Å². The smallest absolute Gasteiger partial charge is 0.337 e. The number of carboxylic acid groups (broad SMARTS) is 1. The van der Waals surface area contributed by atoms with Crippen molar-refractivity contribution < 1.29 is 24.2 Å². The number of hydrogen-bond acceptors (Lipinski definition) is 5. The standard InChI is InChI=1S/C14H15NO5S/c1-8(16)21-9-6-12(17)15(7-9)13-10(14(18)19)4-3-5-11(13)20-2/h3-5,9H,6-7H2,1-2H3,(H,18,19). The maximum absolute atomic E-state index is 12.2. The van der Waals surface area contributed by atoms with E-state index in [4.69, 9.17) is 4.74 Å². The molecule has 112 valence electrons. The topological polar surface area (TPSA) is 83.9 Å². The van der Waals surface area contributed by atoms with Gasteiger partial charge in [-0.2, -0.15) is 0 Å². The van der Waals surface area contributed by atoms with Crippen molar-refractivity contribution in [3.63, 3.8) is 0 Å². The first-order chi connectivity index (χ1) is 9.93. The summed E-state index contributed by atoms with van der Waals surface area (Å²) in [4.78, 5) is 36.1. The van der Waals surface area contributed by atoms with Gasteiger partial charge in [-0.15, -0.1) is 0 Å². The highest BCUT2D eigenvalue weighted by Crippen LogP contribution is 2.37. The van der Waals surface area contributed by atoms with Gasteiger partial charge in [-0.05, 0) is 12.1 Å².